The lowest BCUT2D eigenvalue weighted by Gasteiger charge is -2.19. The minimum absolute atomic E-state index is 0.00141. The molecule has 3 heterocycles. The minimum Gasteiger partial charge on any atom is -0.486 e. The summed E-state index contributed by atoms with van der Waals surface area (Å²) in [6.07, 6.45) is 2.69. The van der Waals surface area contributed by atoms with Crippen LogP contribution in [0.4, 0.5) is 5.69 Å². The number of aromatic nitrogens is 5. The zero-order valence-electron chi connectivity index (χ0n) is 20.7. The van der Waals surface area contributed by atoms with Gasteiger partial charge in [0.2, 0.25) is 5.91 Å². The van der Waals surface area contributed by atoms with Crippen molar-refractivity contribution in [3.05, 3.63) is 64.4 Å². The molecule has 1 amide bonds. The molecule has 1 atom stereocenters. The van der Waals surface area contributed by atoms with E-state index in [1.807, 2.05) is 62.3 Å². The van der Waals surface area contributed by atoms with Crippen LogP contribution in [-0.2, 0) is 4.79 Å². The Morgan fingerprint density at radius 2 is 1.81 bits per heavy atom. The molecular formula is C26H25Cl2N7O2. The number of aromatic amines is 2. The van der Waals surface area contributed by atoms with Crippen molar-refractivity contribution in [3.8, 4) is 17.3 Å². The molecule has 0 aliphatic rings. The number of ether oxygens (including phenoxy) is 1. The molecule has 0 aliphatic heterocycles. The summed E-state index contributed by atoms with van der Waals surface area (Å²) in [5.41, 5.74) is 4.52. The molecule has 37 heavy (non-hydrogen) atoms. The van der Waals surface area contributed by atoms with Crippen LogP contribution in [0.1, 0.15) is 18.6 Å². The fourth-order valence-electron chi connectivity index (χ4n) is 4.16. The van der Waals surface area contributed by atoms with Gasteiger partial charge in [-0.1, -0.05) is 23.2 Å². The topological polar surface area (TPSA) is 103 Å². The zero-order valence-corrected chi connectivity index (χ0v) is 22.2. The van der Waals surface area contributed by atoms with Crippen LogP contribution in [-0.4, -0.2) is 63.6 Å². The highest BCUT2D eigenvalue weighted by Crippen LogP contribution is 2.35. The summed E-state index contributed by atoms with van der Waals surface area (Å²) in [4.78, 5) is 28.0. The van der Waals surface area contributed by atoms with E-state index in [1.165, 1.54) is 0 Å². The number of hydrogen-bond acceptors (Lipinski definition) is 6. The number of carbonyl (C=O) groups excluding carboxylic acids is 1. The van der Waals surface area contributed by atoms with Crippen LogP contribution in [0.2, 0.25) is 10.0 Å². The van der Waals surface area contributed by atoms with E-state index in [-0.39, 0.29) is 5.91 Å². The number of likely N-dealkylation sites (N-methyl/N-ethyl adjacent to an activating group) is 2. The largest absolute Gasteiger partial charge is 0.486 e. The standard InChI is InChI=1S/C26H25Cl2N7O2/c1-14(24-18(27)11-29-12-19(24)28)37-16-6-8-20-17(10-16)25(33-32-20)26-30-21-7-5-15(9-22(21)31-26)35(4)23(36)13-34(2)3/h5-12,14H,13H2,1-4H3,(H,30,31)(H,32,33)/t14-/m1/s1. The second kappa shape index (κ2) is 10.0. The highest BCUT2D eigenvalue weighted by Gasteiger charge is 2.19. The average Bonchev–Trinajstić information content (AvgIpc) is 3.46. The van der Waals surface area contributed by atoms with Crippen molar-refractivity contribution in [1.29, 1.82) is 0 Å². The fourth-order valence-corrected chi connectivity index (χ4v) is 4.83. The first-order valence-electron chi connectivity index (χ1n) is 11.6. The highest BCUT2D eigenvalue weighted by molar-refractivity contribution is 6.35. The first kappa shape index (κ1) is 25.0. The van der Waals surface area contributed by atoms with Gasteiger partial charge in [-0.3, -0.25) is 14.9 Å². The van der Waals surface area contributed by atoms with Crippen molar-refractivity contribution >= 4 is 56.7 Å². The van der Waals surface area contributed by atoms with Crippen molar-refractivity contribution in [2.75, 3.05) is 32.6 Å². The monoisotopic (exact) mass is 537 g/mol. The molecule has 0 radical (unpaired) electrons. The number of rotatable bonds is 7. The van der Waals surface area contributed by atoms with Gasteiger partial charge < -0.3 is 19.5 Å². The quantitative estimate of drug-likeness (QED) is 0.285. The number of nitrogens with zero attached hydrogens (tertiary/aromatic N) is 5. The molecule has 2 N–H and O–H groups in total. The molecule has 0 spiro atoms. The van der Waals surface area contributed by atoms with Crippen LogP contribution in [0.3, 0.4) is 0 Å². The van der Waals surface area contributed by atoms with Crippen molar-refractivity contribution in [3.63, 3.8) is 0 Å². The van der Waals surface area contributed by atoms with E-state index in [0.717, 1.165) is 27.6 Å². The van der Waals surface area contributed by atoms with Crippen molar-refractivity contribution in [1.82, 2.24) is 30.0 Å². The van der Waals surface area contributed by atoms with E-state index < -0.39 is 6.10 Å². The van der Waals surface area contributed by atoms with E-state index in [4.69, 9.17) is 32.9 Å². The van der Waals surface area contributed by atoms with Gasteiger partial charge in [-0.25, -0.2) is 4.98 Å². The number of fused-ring (bicyclic) bond motifs is 2. The van der Waals surface area contributed by atoms with Gasteiger partial charge in [0.05, 0.1) is 33.1 Å². The summed E-state index contributed by atoms with van der Waals surface area (Å²) >= 11 is 12.6. The predicted octanol–water partition coefficient (Wildman–Crippen LogP) is 5.47. The number of pyridine rings is 1. The maximum absolute atomic E-state index is 12.5. The van der Waals surface area contributed by atoms with Crippen molar-refractivity contribution in [2.24, 2.45) is 0 Å². The fraction of sp³-hybridized carbons (Fsp3) is 0.231. The second-order valence-electron chi connectivity index (χ2n) is 9.03. The van der Waals surface area contributed by atoms with Gasteiger partial charge in [0.25, 0.3) is 0 Å². The number of nitrogens with one attached hydrogen (secondary N) is 2. The highest BCUT2D eigenvalue weighted by atomic mass is 35.5. The first-order chi connectivity index (χ1) is 17.7. The maximum Gasteiger partial charge on any atom is 0.240 e. The van der Waals surface area contributed by atoms with E-state index >= 15 is 0 Å². The van der Waals surface area contributed by atoms with E-state index in [2.05, 4.69) is 20.2 Å². The molecule has 0 bridgehead atoms. The van der Waals surface area contributed by atoms with Gasteiger partial charge in [-0.05, 0) is 57.4 Å². The summed E-state index contributed by atoms with van der Waals surface area (Å²) in [6.45, 7) is 2.20. The average molecular weight is 538 g/mol. The Balaban J connectivity index is 1.45. The lowest BCUT2D eigenvalue weighted by molar-refractivity contribution is -0.118. The van der Waals surface area contributed by atoms with E-state index in [9.17, 15) is 4.79 Å². The van der Waals surface area contributed by atoms with Gasteiger partial charge in [0.15, 0.2) is 5.82 Å². The Morgan fingerprint density at radius 3 is 2.54 bits per heavy atom. The molecule has 3 aromatic heterocycles. The molecule has 190 valence electrons. The molecule has 2 aromatic carbocycles. The van der Waals surface area contributed by atoms with Crippen LogP contribution in [0, 0.1) is 0 Å². The van der Waals surface area contributed by atoms with Crippen LogP contribution in [0.5, 0.6) is 5.75 Å². The normalized spacial score (nSPS) is 12.4. The maximum atomic E-state index is 12.5. The third-order valence-corrected chi connectivity index (χ3v) is 6.65. The number of anilines is 1. The van der Waals surface area contributed by atoms with Gasteiger partial charge in [-0.2, -0.15) is 5.10 Å². The number of hydrogen-bond donors (Lipinski definition) is 2. The van der Waals surface area contributed by atoms with Crippen LogP contribution >= 0.6 is 23.2 Å². The van der Waals surface area contributed by atoms with E-state index in [0.29, 0.717) is 39.4 Å². The van der Waals surface area contributed by atoms with Crippen LogP contribution < -0.4 is 9.64 Å². The molecular weight excluding hydrogens is 513 g/mol. The smallest absolute Gasteiger partial charge is 0.240 e. The summed E-state index contributed by atoms with van der Waals surface area (Å²) in [6, 6.07) is 11.3. The Hall–Kier alpha value is -3.66. The molecule has 11 heteroatoms. The summed E-state index contributed by atoms with van der Waals surface area (Å²) in [5, 5.41) is 9.27. The number of H-pyrrole nitrogens is 2. The molecule has 0 fully saturated rings. The summed E-state index contributed by atoms with van der Waals surface area (Å²) in [7, 11) is 5.50. The predicted molar refractivity (Wildman–Crippen MR) is 146 cm³/mol. The van der Waals surface area contributed by atoms with Crippen LogP contribution in [0.25, 0.3) is 33.5 Å². The molecule has 0 aliphatic carbocycles. The Bertz CT molecular complexity index is 1590. The Labute approximate surface area is 223 Å². The van der Waals surface area contributed by atoms with Gasteiger partial charge >= 0.3 is 0 Å². The Morgan fingerprint density at radius 1 is 1.05 bits per heavy atom. The molecule has 5 rings (SSSR count). The molecule has 0 saturated carbocycles. The summed E-state index contributed by atoms with van der Waals surface area (Å²) < 4.78 is 6.17. The molecule has 0 unspecified atom stereocenters. The van der Waals surface area contributed by atoms with Crippen molar-refractivity contribution in [2.45, 2.75) is 13.0 Å². The molecule has 0 saturated heterocycles. The number of halogens is 2. The number of amides is 1. The number of carbonyl (C=O) groups is 1. The Kier molecular flexibility index (Phi) is 6.76. The first-order valence-corrected chi connectivity index (χ1v) is 12.3. The lowest BCUT2D eigenvalue weighted by Crippen LogP contribution is -2.34. The molecule has 5 aromatic rings. The van der Waals surface area contributed by atoms with Gasteiger partial charge in [0, 0.05) is 36.1 Å². The van der Waals surface area contributed by atoms with Gasteiger partial charge in [-0.15, -0.1) is 0 Å². The third-order valence-electron chi connectivity index (χ3n) is 6.05. The number of imidazole rings is 1. The number of benzene rings is 2. The second-order valence-corrected chi connectivity index (χ2v) is 9.85. The zero-order chi connectivity index (χ0) is 26.3. The van der Waals surface area contributed by atoms with Gasteiger partial charge in [0.1, 0.15) is 17.5 Å². The summed E-state index contributed by atoms with van der Waals surface area (Å²) in [5.74, 6) is 1.23. The SMILES string of the molecule is C[C@@H](Oc1ccc2[nH]nc(-c3nc4ccc(N(C)C(=O)CN(C)C)cc4[nH]3)c2c1)c1c(Cl)cncc1Cl. The molecule has 9 nitrogen and oxygen atoms in total. The third kappa shape index (κ3) is 4.98. The lowest BCUT2D eigenvalue weighted by atomic mass is 10.1. The minimum atomic E-state index is -0.396. The van der Waals surface area contributed by atoms with Crippen LogP contribution in [0.15, 0.2) is 48.8 Å². The van der Waals surface area contributed by atoms with Crippen molar-refractivity contribution < 1.29 is 9.53 Å². The van der Waals surface area contributed by atoms with E-state index in [1.54, 1.807) is 24.3 Å².